The van der Waals surface area contributed by atoms with Crippen molar-refractivity contribution in [2.24, 2.45) is 0 Å². The second-order valence-electron chi connectivity index (χ2n) is 25.5. The molecule has 4 aliphatic heterocycles. The van der Waals surface area contributed by atoms with Crippen LogP contribution in [-0.4, -0.2) is 138 Å². The molecule has 0 aliphatic carbocycles. The van der Waals surface area contributed by atoms with Crippen LogP contribution in [0, 0.1) is 53.5 Å². The molecule has 0 saturated heterocycles. The van der Waals surface area contributed by atoms with E-state index in [9.17, 15) is 32.3 Å². The Morgan fingerprint density at radius 2 is 0.615 bits per heavy atom. The summed E-state index contributed by atoms with van der Waals surface area (Å²) in [6.07, 6.45) is 12.2. The third-order valence-electron chi connectivity index (χ3n) is 18.0. The van der Waals surface area contributed by atoms with E-state index in [-0.39, 0.29) is 71.9 Å². The summed E-state index contributed by atoms with van der Waals surface area (Å²) in [6.45, 7) is 10.5. The van der Waals surface area contributed by atoms with Gasteiger partial charge in [-0.05, 0) is 226 Å². The van der Waals surface area contributed by atoms with E-state index < -0.39 is 0 Å². The predicted molar refractivity (Wildman–Crippen MR) is 423 cm³/mol. The molecule has 11 aromatic rings. The van der Waals surface area contributed by atoms with Crippen molar-refractivity contribution in [2.75, 3.05) is 80.5 Å². The molecule has 4 aromatic heterocycles. The molecule has 0 spiro atoms. The Labute approximate surface area is 633 Å². The molecule has 0 unspecified atom stereocenters. The Morgan fingerprint density at radius 1 is 0.337 bits per heavy atom. The molecule has 104 heavy (non-hydrogen) atoms. The minimum Gasteiger partial charge on any atom is -0.306 e. The lowest BCUT2D eigenvalue weighted by molar-refractivity contribution is 0.295. The number of hydrogen-bond donors (Lipinski definition) is 0. The maximum atomic E-state index is 13.0. The average Bonchev–Trinajstić information content (AvgIpc) is 0.824. The third-order valence-corrected chi connectivity index (χ3v) is 19.0. The van der Waals surface area contributed by atoms with Crippen LogP contribution >= 0.6 is 56.7 Å². The van der Waals surface area contributed by atoms with Gasteiger partial charge in [0.25, 0.3) is 22.2 Å². The van der Waals surface area contributed by atoms with E-state index in [2.05, 4.69) is 119 Å². The summed E-state index contributed by atoms with van der Waals surface area (Å²) in [7, 11) is 8.39. The number of benzene rings is 7. The number of likely N-dealkylation sites (N-methyl/N-ethyl adjacent to an activating group) is 4. The van der Waals surface area contributed by atoms with Crippen molar-refractivity contribution in [3.05, 3.63) is 265 Å². The van der Waals surface area contributed by atoms with Crippen molar-refractivity contribution in [3.63, 3.8) is 0 Å². The van der Waals surface area contributed by atoms with Crippen LogP contribution in [0.1, 0.15) is 84.2 Å². The lowest BCUT2D eigenvalue weighted by Crippen LogP contribution is -2.34. The number of nitrogens with zero attached hydrogens (tertiary/aromatic N) is 12. The summed E-state index contributed by atoms with van der Waals surface area (Å²) in [4.78, 5) is 78.8. The van der Waals surface area contributed by atoms with Crippen LogP contribution in [0.3, 0.4) is 0 Å². The molecule has 4 aliphatic rings. The first-order chi connectivity index (χ1) is 48.8. The van der Waals surface area contributed by atoms with Gasteiger partial charge in [-0.2, -0.15) is 0 Å². The highest BCUT2D eigenvalue weighted by Crippen LogP contribution is 2.21. The van der Waals surface area contributed by atoms with Gasteiger partial charge in [0.1, 0.15) is 40.7 Å². The molecule has 0 saturated carbocycles. The van der Waals surface area contributed by atoms with E-state index in [1.54, 1.807) is 48.5 Å². The number of aromatic nitrogens is 8. The van der Waals surface area contributed by atoms with Crippen LogP contribution in [0.25, 0.3) is 43.6 Å². The highest BCUT2D eigenvalue weighted by Gasteiger charge is 2.20. The van der Waals surface area contributed by atoms with E-state index in [1.165, 1.54) is 36.4 Å². The van der Waals surface area contributed by atoms with Crippen LogP contribution in [0.5, 0.6) is 0 Å². The molecule has 23 heteroatoms. The van der Waals surface area contributed by atoms with Crippen molar-refractivity contribution in [1.82, 2.24) is 57.8 Å². The zero-order chi connectivity index (χ0) is 71.1. The number of terminal acetylenes is 1. The zero-order valence-electron chi connectivity index (χ0n) is 57.8. The molecule has 15 rings (SSSR count). The number of fused-ring (bicyclic) bond motifs is 8. The van der Waals surface area contributed by atoms with E-state index in [1.807, 2.05) is 78.9 Å². The Hall–Kier alpha value is -9.05. The summed E-state index contributed by atoms with van der Waals surface area (Å²) in [6, 6.07) is 40.3. The lowest BCUT2D eigenvalue weighted by atomic mass is 10.1. The molecular weight excluding hydrogens is 1490 g/mol. The van der Waals surface area contributed by atoms with Gasteiger partial charge in [0, 0.05) is 115 Å². The van der Waals surface area contributed by atoms with Gasteiger partial charge in [-0.15, -0.1) is 31.2 Å². The maximum absolute atomic E-state index is 13.0. The molecular formula is C81H83Br2Cl2F3N12O4. The van der Waals surface area contributed by atoms with Crippen LogP contribution in [0.2, 0.25) is 0 Å². The minimum atomic E-state index is -0.280. The molecule has 0 fully saturated rings. The highest BCUT2D eigenvalue weighted by atomic mass is 79.9. The normalized spacial score (nSPS) is 14.6. The third kappa shape index (κ3) is 21.1. The van der Waals surface area contributed by atoms with Crippen molar-refractivity contribution in [2.45, 2.75) is 85.0 Å². The Morgan fingerprint density at radius 3 is 0.971 bits per heavy atom. The molecule has 0 N–H and O–H groups in total. The molecule has 7 aromatic carbocycles. The van der Waals surface area contributed by atoms with Gasteiger partial charge in [-0.25, -0.2) is 33.1 Å². The second kappa shape index (κ2) is 38.1. The van der Waals surface area contributed by atoms with Crippen LogP contribution in [-0.2, 0) is 51.9 Å². The maximum Gasteiger partial charge on any atom is 0.261 e. The molecule has 0 radical (unpaired) electrons. The SMILES string of the molecule is C.C#Cc1ccc(F)cc1.CN1CCCc2nc3cc(Br)ccc3c(=O)n2CC1.CN1CCCc2nc3cc(C#Cc4ccc(F)cc4)ccc3c(=O)n2CC1.CN1CCCn2c(nc3cc(Br)ccc3c2=O)CC1.CN1CCCn2c(nc3cc(C#Cc4ccc(F)cc4)ccc3c2=O)CC1.Cl.Cl. The quantitative estimate of drug-likeness (QED) is 0.133. The first kappa shape index (κ1) is 80.6. The van der Waals surface area contributed by atoms with Gasteiger partial charge >= 0.3 is 0 Å². The Bertz CT molecular complexity index is 5280. The van der Waals surface area contributed by atoms with Crippen molar-refractivity contribution < 1.29 is 13.2 Å². The summed E-state index contributed by atoms with van der Waals surface area (Å²) in [5, 5.41) is 2.66. The largest absolute Gasteiger partial charge is 0.306 e. The van der Waals surface area contributed by atoms with Gasteiger partial charge in [-0.1, -0.05) is 68.9 Å². The monoisotopic (exact) mass is 1570 g/mol. The molecule has 16 nitrogen and oxygen atoms in total. The smallest absolute Gasteiger partial charge is 0.261 e. The highest BCUT2D eigenvalue weighted by molar-refractivity contribution is 9.10. The lowest BCUT2D eigenvalue weighted by Gasteiger charge is -2.22. The standard InChI is InChI=1S/2C22H20FN3O.2C14H16BrN3O.C8H5F.CH4.2ClH/c1-25-12-2-13-26-21(11-14-25)24-20-15-17(7-10-19(20)22(26)27)4-3-16-5-8-18(23)9-6-16;1-25-12-2-3-21-24-20-15-17(5-4-16-6-9-18(23)10-7-16)8-11-19(20)22(27)26(21)14-13-25;1-17-6-2-7-18-13(5-8-17)16-12-9-10(15)3-4-11(12)14(18)19;1-17-6-2-3-13-16-12-9-10(15)4-5-11(12)14(19)18(13)8-7-17;1-2-7-3-5-8(9)6-4-7;;;/h5-10,15H,2,11-14H2,1H3;6-11,15H,2-3,12-14H2,1H3;3-4,9H,2,5-8H2,1H3;4-5,9H,2-3,6-8H2,1H3;1,3-6H;1H4;2*1H. The van der Waals surface area contributed by atoms with Crippen LogP contribution in [0.4, 0.5) is 13.2 Å². The second-order valence-corrected chi connectivity index (χ2v) is 27.3. The van der Waals surface area contributed by atoms with Gasteiger partial charge in [-0.3, -0.25) is 37.4 Å². The number of halogens is 7. The fourth-order valence-electron chi connectivity index (χ4n) is 12.3. The topological polar surface area (TPSA) is 153 Å². The predicted octanol–water partition coefficient (Wildman–Crippen LogP) is 13.0. The van der Waals surface area contributed by atoms with Crippen molar-refractivity contribution >= 4 is 100 Å². The number of aryl methyl sites for hydroxylation is 2. The van der Waals surface area contributed by atoms with Gasteiger partial charge in [0.2, 0.25) is 0 Å². The molecule has 0 amide bonds. The summed E-state index contributed by atoms with van der Waals surface area (Å²) in [5.41, 5.74) is 6.93. The fourth-order valence-corrected chi connectivity index (χ4v) is 13.0. The summed E-state index contributed by atoms with van der Waals surface area (Å²) >= 11 is 6.87. The number of rotatable bonds is 0. The van der Waals surface area contributed by atoms with Gasteiger partial charge < -0.3 is 19.6 Å². The van der Waals surface area contributed by atoms with E-state index in [4.69, 9.17) is 16.4 Å². The summed E-state index contributed by atoms with van der Waals surface area (Å²) < 4.78 is 47.4. The zero-order valence-corrected chi connectivity index (χ0v) is 62.6. The van der Waals surface area contributed by atoms with Crippen molar-refractivity contribution in [3.8, 4) is 36.0 Å². The first-order valence-electron chi connectivity index (χ1n) is 33.8. The summed E-state index contributed by atoms with van der Waals surface area (Å²) in [5.74, 6) is 17.3. The minimum absolute atomic E-state index is 0. The van der Waals surface area contributed by atoms with Gasteiger partial charge in [0.05, 0.1) is 43.6 Å². The van der Waals surface area contributed by atoms with E-state index >= 15 is 0 Å². The Balaban J connectivity index is 0.000000169. The Kier molecular flexibility index (Phi) is 29.5. The molecule has 540 valence electrons. The molecule has 8 heterocycles. The van der Waals surface area contributed by atoms with Crippen LogP contribution < -0.4 is 22.2 Å². The van der Waals surface area contributed by atoms with Crippen LogP contribution in [0.15, 0.2) is 174 Å². The first-order valence-corrected chi connectivity index (χ1v) is 35.4. The van der Waals surface area contributed by atoms with E-state index in [0.717, 1.165) is 182 Å². The fraction of sp³-hybridized carbons (Fsp3) is 0.309. The van der Waals surface area contributed by atoms with Crippen molar-refractivity contribution in [1.29, 1.82) is 0 Å². The molecule has 0 atom stereocenters. The average molecular weight is 1580 g/mol. The van der Waals surface area contributed by atoms with Gasteiger partial charge in [0.15, 0.2) is 0 Å². The molecule has 0 bridgehead atoms. The number of hydrogen-bond acceptors (Lipinski definition) is 12. The van der Waals surface area contributed by atoms with E-state index in [0.29, 0.717) is 51.2 Å².